The van der Waals surface area contributed by atoms with Crippen LogP contribution in [0.4, 0.5) is 0 Å². The van der Waals surface area contributed by atoms with Gasteiger partial charge in [-0.3, -0.25) is 4.79 Å². The fraction of sp³-hybridized carbons (Fsp3) is 0.364. The fourth-order valence-electron chi connectivity index (χ4n) is 3.06. The maximum atomic E-state index is 12.4. The van der Waals surface area contributed by atoms with Crippen molar-refractivity contribution in [2.24, 2.45) is 0 Å². The summed E-state index contributed by atoms with van der Waals surface area (Å²) in [6.45, 7) is 4.41. The van der Waals surface area contributed by atoms with Crippen LogP contribution in [0.25, 0.3) is 0 Å². The number of carbonyl (C=O) groups excluding carboxylic acids is 2. The molecule has 1 aliphatic rings. The van der Waals surface area contributed by atoms with E-state index < -0.39 is 5.97 Å². The van der Waals surface area contributed by atoms with E-state index in [4.69, 9.17) is 18.9 Å². The Morgan fingerprint density at radius 2 is 1.86 bits per heavy atom. The van der Waals surface area contributed by atoms with Crippen molar-refractivity contribution in [1.29, 1.82) is 0 Å². The molecule has 2 aromatic carbocycles. The first-order valence-electron chi connectivity index (χ1n) is 9.52. The fourth-order valence-corrected chi connectivity index (χ4v) is 3.06. The van der Waals surface area contributed by atoms with Crippen LogP contribution in [0.2, 0.25) is 0 Å². The molecule has 7 heteroatoms. The van der Waals surface area contributed by atoms with Crippen molar-refractivity contribution in [2.75, 3.05) is 26.9 Å². The van der Waals surface area contributed by atoms with E-state index in [0.717, 1.165) is 17.5 Å². The van der Waals surface area contributed by atoms with E-state index in [0.29, 0.717) is 30.5 Å². The van der Waals surface area contributed by atoms with Gasteiger partial charge >= 0.3 is 5.97 Å². The molecule has 0 bridgehead atoms. The van der Waals surface area contributed by atoms with E-state index in [1.165, 1.54) is 19.2 Å². The molecule has 0 spiro atoms. The lowest BCUT2D eigenvalue weighted by Crippen LogP contribution is -2.32. The Labute approximate surface area is 169 Å². The van der Waals surface area contributed by atoms with E-state index >= 15 is 0 Å². The van der Waals surface area contributed by atoms with Gasteiger partial charge in [0, 0.05) is 0 Å². The number of hydrogen-bond donors (Lipinski definition) is 1. The van der Waals surface area contributed by atoms with Crippen LogP contribution in [0.3, 0.4) is 0 Å². The highest BCUT2D eigenvalue weighted by Gasteiger charge is 2.22. The van der Waals surface area contributed by atoms with Gasteiger partial charge in [0.15, 0.2) is 18.1 Å². The molecule has 0 aromatic heterocycles. The quantitative estimate of drug-likeness (QED) is 0.720. The van der Waals surface area contributed by atoms with Gasteiger partial charge in [-0.25, -0.2) is 4.79 Å². The van der Waals surface area contributed by atoms with Gasteiger partial charge in [0.05, 0.1) is 18.7 Å². The molecule has 0 saturated carbocycles. The zero-order chi connectivity index (χ0) is 20.8. The maximum absolute atomic E-state index is 12.4. The van der Waals surface area contributed by atoms with Crippen LogP contribution < -0.4 is 19.5 Å². The zero-order valence-electron chi connectivity index (χ0n) is 16.8. The van der Waals surface area contributed by atoms with Gasteiger partial charge in [0.25, 0.3) is 5.91 Å². The van der Waals surface area contributed by atoms with Gasteiger partial charge in [-0.1, -0.05) is 36.8 Å². The van der Waals surface area contributed by atoms with Gasteiger partial charge in [-0.05, 0) is 31.0 Å². The molecule has 0 radical (unpaired) electrons. The van der Waals surface area contributed by atoms with Crippen molar-refractivity contribution in [3.63, 3.8) is 0 Å². The highest BCUT2D eigenvalue weighted by Crippen LogP contribution is 2.40. The third kappa shape index (κ3) is 4.99. The monoisotopic (exact) mass is 399 g/mol. The summed E-state index contributed by atoms with van der Waals surface area (Å²) in [7, 11) is 1.48. The summed E-state index contributed by atoms with van der Waals surface area (Å²) < 4.78 is 21.5. The number of amides is 1. The van der Waals surface area contributed by atoms with Crippen molar-refractivity contribution in [2.45, 2.75) is 26.3 Å². The summed E-state index contributed by atoms with van der Waals surface area (Å²) >= 11 is 0. The molecule has 1 N–H and O–H groups in total. The number of rotatable bonds is 7. The van der Waals surface area contributed by atoms with Crippen molar-refractivity contribution >= 4 is 11.9 Å². The van der Waals surface area contributed by atoms with E-state index in [1.54, 1.807) is 0 Å². The third-order valence-corrected chi connectivity index (χ3v) is 4.62. The Hall–Kier alpha value is -3.22. The van der Waals surface area contributed by atoms with E-state index in [-0.39, 0.29) is 24.1 Å². The molecule has 29 heavy (non-hydrogen) atoms. The number of benzene rings is 2. The van der Waals surface area contributed by atoms with Crippen LogP contribution in [0, 0.1) is 6.92 Å². The molecule has 0 aliphatic carbocycles. The number of methoxy groups -OCH3 is 1. The highest BCUT2D eigenvalue weighted by atomic mass is 16.6. The molecule has 1 heterocycles. The number of nitrogens with one attached hydrogen (secondary N) is 1. The van der Waals surface area contributed by atoms with Crippen LogP contribution in [0.1, 0.15) is 40.9 Å². The van der Waals surface area contributed by atoms with Crippen LogP contribution >= 0.6 is 0 Å². The van der Waals surface area contributed by atoms with E-state index in [2.05, 4.69) is 5.32 Å². The Bertz CT molecular complexity index is 860. The molecule has 0 saturated heterocycles. The topological polar surface area (TPSA) is 83.1 Å². The number of esters is 1. The second-order valence-electron chi connectivity index (χ2n) is 6.72. The Kier molecular flexibility index (Phi) is 6.59. The molecular formula is C22H25NO6. The molecule has 1 amide bonds. The predicted molar refractivity (Wildman–Crippen MR) is 107 cm³/mol. The molecule has 7 nitrogen and oxygen atoms in total. The zero-order valence-corrected chi connectivity index (χ0v) is 16.8. The molecular weight excluding hydrogens is 374 g/mol. The molecule has 0 unspecified atom stereocenters. The Balaban J connectivity index is 1.61. The molecule has 3 rings (SSSR count). The van der Waals surface area contributed by atoms with Gasteiger partial charge < -0.3 is 24.3 Å². The van der Waals surface area contributed by atoms with E-state index in [1.807, 2.05) is 38.1 Å². The van der Waals surface area contributed by atoms with Crippen LogP contribution in [-0.4, -0.2) is 38.8 Å². The largest absolute Gasteiger partial charge is 0.493 e. The summed E-state index contributed by atoms with van der Waals surface area (Å²) in [5, 5.41) is 2.90. The van der Waals surface area contributed by atoms with Crippen molar-refractivity contribution < 1.29 is 28.5 Å². The average molecular weight is 399 g/mol. The summed E-state index contributed by atoms with van der Waals surface area (Å²) in [4.78, 5) is 24.7. The molecule has 0 fully saturated rings. The van der Waals surface area contributed by atoms with Gasteiger partial charge in [0.1, 0.15) is 13.2 Å². The lowest BCUT2D eigenvalue weighted by molar-refractivity contribution is -0.125. The SMILES string of the molecule is CC[C@@H](NC(=O)COC(=O)c1cc(OC)c2c(c1)OCCO2)c1ccc(C)cc1. The van der Waals surface area contributed by atoms with Crippen molar-refractivity contribution in [3.05, 3.63) is 53.1 Å². The molecule has 1 aliphatic heterocycles. The second kappa shape index (κ2) is 9.32. The summed E-state index contributed by atoms with van der Waals surface area (Å²) in [5.74, 6) is 0.243. The van der Waals surface area contributed by atoms with Gasteiger partial charge in [-0.2, -0.15) is 0 Å². The van der Waals surface area contributed by atoms with Gasteiger partial charge in [-0.15, -0.1) is 0 Å². The number of ether oxygens (including phenoxy) is 4. The first-order valence-corrected chi connectivity index (χ1v) is 9.52. The standard InChI is InChI=1S/C22H25NO6/c1-4-17(15-7-5-14(2)6-8-15)23-20(24)13-29-22(25)16-11-18(26-3)21-19(12-16)27-9-10-28-21/h5-8,11-12,17H,4,9-10,13H2,1-3H3,(H,23,24)/t17-/m1/s1. The van der Waals surface area contributed by atoms with Gasteiger partial charge in [0.2, 0.25) is 5.75 Å². The van der Waals surface area contributed by atoms with Crippen molar-refractivity contribution in [1.82, 2.24) is 5.32 Å². The maximum Gasteiger partial charge on any atom is 0.338 e. The molecule has 1 atom stereocenters. The Morgan fingerprint density at radius 1 is 1.14 bits per heavy atom. The van der Waals surface area contributed by atoms with Crippen LogP contribution in [0.5, 0.6) is 17.2 Å². The summed E-state index contributed by atoms with van der Waals surface area (Å²) in [6.07, 6.45) is 0.724. The van der Waals surface area contributed by atoms with E-state index in [9.17, 15) is 9.59 Å². The average Bonchev–Trinajstić information content (AvgIpc) is 2.75. The number of hydrogen-bond acceptors (Lipinski definition) is 6. The lowest BCUT2D eigenvalue weighted by atomic mass is 10.0. The van der Waals surface area contributed by atoms with Crippen LogP contribution in [-0.2, 0) is 9.53 Å². The number of fused-ring (bicyclic) bond motifs is 1. The normalized spacial score (nSPS) is 13.3. The third-order valence-electron chi connectivity index (χ3n) is 4.62. The minimum atomic E-state index is -0.640. The molecule has 2 aromatic rings. The van der Waals surface area contributed by atoms with Crippen LogP contribution in [0.15, 0.2) is 36.4 Å². The smallest absolute Gasteiger partial charge is 0.338 e. The van der Waals surface area contributed by atoms with Crippen molar-refractivity contribution in [3.8, 4) is 17.2 Å². The lowest BCUT2D eigenvalue weighted by Gasteiger charge is -2.21. The minimum Gasteiger partial charge on any atom is -0.493 e. The second-order valence-corrected chi connectivity index (χ2v) is 6.72. The first-order chi connectivity index (χ1) is 14.0. The summed E-state index contributed by atoms with van der Waals surface area (Å²) in [6, 6.07) is 10.9. The number of aryl methyl sites for hydroxylation is 1. The predicted octanol–water partition coefficient (Wildman–Crippen LogP) is 3.20. The highest BCUT2D eigenvalue weighted by molar-refractivity contribution is 5.93. The first kappa shape index (κ1) is 20.5. The Morgan fingerprint density at radius 3 is 2.55 bits per heavy atom. The minimum absolute atomic E-state index is 0.142. The molecule has 154 valence electrons. The number of carbonyl (C=O) groups is 2. The summed E-state index contributed by atoms with van der Waals surface area (Å²) in [5.41, 5.74) is 2.39.